The van der Waals surface area contributed by atoms with Gasteiger partial charge in [-0.15, -0.1) is 0 Å². The van der Waals surface area contributed by atoms with Crippen molar-refractivity contribution in [3.05, 3.63) is 54.1 Å². The van der Waals surface area contributed by atoms with Crippen LogP contribution in [0, 0.1) is 0 Å². The van der Waals surface area contributed by atoms with Gasteiger partial charge in [-0.3, -0.25) is 0 Å². The number of nitrogens with one attached hydrogen (secondary N) is 1. The molecule has 2 aromatic rings. The van der Waals surface area contributed by atoms with Crippen LogP contribution in [0.4, 0.5) is 11.4 Å². The highest BCUT2D eigenvalue weighted by Crippen LogP contribution is 2.36. The van der Waals surface area contributed by atoms with E-state index in [1.165, 1.54) is 16.9 Å². The van der Waals surface area contributed by atoms with Gasteiger partial charge in [-0.25, -0.2) is 0 Å². The Hall–Kier alpha value is -2.16. The number of ether oxygens (including phenoxy) is 1. The Morgan fingerprint density at radius 1 is 1.10 bits per heavy atom. The molecule has 1 N–H and O–H groups in total. The number of nitrogens with zero attached hydrogens (tertiary/aromatic N) is 1. The van der Waals surface area contributed by atoms with Crippen LogP contribution < -0.4 is 15.0 Å². The molecule has 1 atom stereocenters. The van der Waals surface area contributed by atoms with Crippen molar-refractivity contribution in [3.8, 4) is 5.75 Å². The lowest BCUT2D eigenvalue weighted by Gasteiger charge is -2.40. The number of benzene rings is 2. The van der Waals surface area contributed by atoms with Crippen molar-refractivity contribution in [3.63, 3.8) is 0 Å². The fraction of sp³-hybridized carbons (Fsp3) is 0.333. The standard InChI is InChI=1S/C18H22N2O/c1-13(2)20-12-17(14-8-10-15(21-3)11-9-14)19-16-6-4-5-7-18(16)20/h4-11,13,17,19H,12H2,1-3H3/t17-/m1/s1. The topological polar surface area (TPSA) is 24.5 Å². The third-order valence-electron chi connectivity index (χ3n) is 4.06. The van der Waals surface area contributed by atoms with Crippen molar-refractivity contribution in [1.29, 1.82) is 0 Å². The largest absolute Gasteiger partial charge is 0.497 e. The number of methoxy groups -OCH3 is 1. The summed E-state index contributed by atoms with van der Waals surface area (Å²) >= 11 is 0. The summed E-state index contributed by atoms with van der Waals surface area (Å²) in [7, 11) is 1.70. The van der Waals surface area contributed by atoms with Crippen LogP contribution in [0.15, 0.2) is 48.5 Å². The van der Waals surface area contributed by atoms with Crippen molar-refractivity contribution in [2.24, 2.45) is 0 Å². The second-order valence-corrected chi connectivity index (χ2v) is 5.73. The molecule has 0 aliphatic carbocycles. The zero-order chi connectivity index (χ0) is 14.8. The molecule has 110 valence electrons. The van der Waals surface area contributed by atoms with Crippen molar-refractivity contribution in [1.82, 2.24) is 0 Å². The minimum atomic E-state index is 0.299. The molecule has 3 heteroatoms. The smallest absolute Gasteiger partial charge is 0.118 e. The molecule has 0 bridgehead atoms. The van der Waals surface area contributed by atoms with E-state index < -0.39 is 0 Å². The highest BCUT2D eigenvalue weighted by Gasteiger charge is 2.26. The molecule has 0 aromatic heterocycles. The Bertz CT molecular complexity index is 607. The first-order valence-corrected chi connectivity index (χ1v) is 7.45. The van der Waals surface area contributed by atoms with Crippen LogP contribution in [0.25, 0.3) is 0 Å². The fourth-order valence-electron chi connectivity index (χ4n) is 2.89. The quantitative estimate of drug-likeness (QED) is 0.918. The number of hydrogen-bond donors (Lipinski definition) is 1. The molecule has 0 radical (unpaired) electrons. The van der Waals surface area contributed by atoms with Crippen LogP contribution in [0.2, 0.25) is 0 Å². The van der Waals surface area contributed by atoms with Crippen LogP contribution in [0.1, 0.15) is 25.5 Å². The third-order valence-corrected chi connectivity index (χ3v) is 4.06. The van der Waals surface area contributed by atoms with Crippen LogP contribution >= 0.6 is 0 Å². The summed E-state index contributed by atoms with van der Waals surface area (Å²) in [5.41, 5.74) is 3.78. The summed E-state index contributed by atoms with van der Waals surface area (Å²) in [5, 5.41) is 3.65. The number of para-hydroxylation sites is 2. The molecule has 0 unspecified atom stereocenters. The molecule has 0 amide bonds. The maximum Gasteiger partial charge on any atom is 0.118 e. The molecular weight excluding hydrogens is 260 g/mol. The summed E-state index contributed by atoms with van der Waals surface area (Å²) < 4.78 is 5.24. The van der Waals surface area contributed by atoms with Gasteiger partial charge in [-0.05, 0) is 43.7 Å². The fourth-order valence-corrected chi connectivity index (χ4v) is 2.89. The first-order valence-electron chi connectivity index (χ1n) is 7.45. The summed E-state index contributed by atoms with van der Waals surface area (Å²) in [4.78, 5) is 2.46. The van der Waals surface area contributed by atoms with Crippen LogP contribution in [0.5, 0.6) is 5.75 Å². The number of fused-ring (bicyclic) bond motifs is 1. The molecule has 3 rings (SSSR count). The Morgan fingerprint density at radius 2 is 1.81 bits per heavy atom. The van der Waals surface area contributed by atoms with Gasteiger partial charge < -0.3 is 15.0 Å². The van der Waals surface area contributed by atoms with Gasteiger partial charge in [0.2, 0.25) is 0 Å². The summed E-state index contributed by atoms with van der Waals surface area (Å²) in [6.45, 7) is 5.46. The van der Waals surface area contributed by atoms with E-state index in [2.05, 4.69) is 60.5 Å². The number of anilines is 2. The maximum atomic E-state index is 5.24. The number of hydrogen-bond acceptors (Lipinski definition) is 3. The van der Waals surface area contributed by atoms with Gasteiger partial charge in [0.1, 0.15) is 5.75 Å². The van der Waals surface area contributed by atoms with Crippen LogP contribution in [0.3, 0.4) is 0 Å². The van der Waals surface area contributed by atoms with E-state index in [1.54, 1.807) is 7.11 Å². The first kappa shape index (κ1) is 13.8. The molecular formula is C18H22N2O. The van der Waals surface area contributed by atoms with Gasteiger partial charge in [0.25, 0.3) is 0 Å². The SMILES string of the molecule is COc1ccc([C@H]2CN(C(C)C)c3ccccc3N2)cc1. The summed E-state index contributed by atoms with van der Waals surface area (Å²) in [5.74, 6) is 0.899. The second kappa shape index (κ2) is 5.68. The van der Waals surface area contributed by atoms with Gasteiger partial charge in [0.05, 0.1) is 24.5 Å². The van der Waals surface area contributed by atoms with Crippen molar-refractivity contribution in [2.45, 2.75) is 25.9 Å². The van der Waals surface area contributed by atoms with Crippen LogP contribution in [-0.4, -0.2) is 19.7 Å². The Kier molecular flexibility index (Phi) is 3.74. The summed E-state index contributed by atoms with van der Waals surface area (Å²) in [6, 6.07) is 17.6. The van der Waals surface area contributed by atoms with Crippen molar-refractivity contribution in [2.75, 3.05) is 23.9 Å². The van der Waals surface area contributed by atoms with E-state index >= 15 is 0 Å². The van der Waals surface area contributed by atoms with E-state index in [0.29, 0.717) is 12.1 Å². The lowest BCUT2D eigenvalue weighted by atomic mass is 10.0. The van der Waals surface area contributed by atoms with Crippen molar-refractivity contribution >= 4 is 11.4 Å². The lowest BCUT2D eigenvalue weighted by Crippen LogP contribution is -2.40. The van der Waals surface area contributed by atoms with Gasteiger partial charge in [-0.1, -0.05) is 24.3 Å². The first-order chi connectivity index (χ1) is 10.2. The predicted octanol–water partition coefficient (Wildman–Crippen LogP) is 4.08. The van der Waals surface area contributed by atoms with Gasteiger partial charge in [0, 0.05) is 12.6 Å². The zero-order valence-electron chi connectivity index (χ0n) is 12.8. The molecule has 21 heavy (non-hydrogen) atoms. The highest BCUT2D eigenvalue weighted by atomic mass is 16.5. The van der Waals surface area contributed by atoms with E-state index in [-0.39, 0.29) is 0 Å². The average molecular weight is 282 g/mol. The minimum Gasteiger partial charge on any atom is -0.497 e. The monoisotopic (exact) mass is 282 g/mol. The maximum absolute atomic E-state index is 5.24. The number of rotatable bonds is 3. The van der Waals surface area contributed by atoms with Gasteiger partial charge in [0.15, 0.2) is 0 Å². The molecule has 0 spiro atoms. The van der Waals surface area contributed by atoms with Gasteiger partial charge in [-0.2, -0.15) is 0 Å². The van der Waals surface area contributed by atoms with E-state index in [1.807, 2.05) is 12.1 Å². The molecule has 2 aromatic carbocycles. The Morgan fingerprint density at radius 3 is 2.48 bits per heavy atom. The van der Waals surface area contributed by atoms with Crippen molar-refractivity contribution < 1.29 is 4.74 Å². The van der Waals surface area contributed by atoms with E-state index in [9.17, 15) is 0 Å². The third kappa shape index (κ3) is 2.68. The predicted molar refractivity (Wildman–Crippen MR) is 88.3 cm³/mol. The molecule has 3 nitrogen and oxygen atoms in total. The molecule has 1 heterocycles. The zero-order valence-corrected chi connectivity index (χ0v) is 12.8. The highest BCUT2D eigenvalue weighted by molar-refractivity contribution is 5.73. The molecule has 0 saturated heterocycles. The minimum absolute atomic E-state index is 0.299. The Balaban J connectivity index is 1.92. The molecule has 1 aliphatic rings. The van der Waals surface area contributed by atoms with E-state index in [4.69, 9.17) is 4.74 Å². The Labute approximate surface area is 126 Å². The normalized spacial score (nSPS) is 17.3. The second-order valence-electron chi connectivity index (χ2n) is 5.73. The molecule has 0 fully saturated rings. The molecule has 0 saturated carbocycles. The summed E-state index contributed by atoms with van der Waals surface area (Å²) in [6.07, 6.45) is 0. The average Bonchev–Trinajstić information content (AvgIpc) is 2.53. The van der Waals surface area contributed by atoms with E-state index in [0.717, 1.165) is 12.3 Å². The molecule has 1 aliphatic heterocycles. The van der Waals surface area contributed by atoms with Gasteiger partial charge >= 0.3 is 0 Å². The van der Waals surface area contributed by atoms with Crippen LogP contribution in [-0.2, 0) is 0 Å². The lowest BCUT2D eigenvalue weighted by molar-refractivity contribution is 0.414.